The highest BCUT2D eigenvalue weighted by Gasteiger charge is 2.52. The van der Waals surface area contributed by atoms with Gasteiger partial charge >= 0.3 is 0 Å². The minimum Gasteiger partial charge on any atom is -0.393 e. The zero-order chi connectivity index (χ0) is 36.7. The average Bonchev–Trinajstić information content (AvgIpc) is 3.06. The van der Waals surface area contributed by atoms with E-state index < -0.39 is 122 Å². The van der Waals surface area contributed by atoms with Crippen molar-refractivity contribution in [2.24, 2.45) is 22.4 Å². The SMILES string of the molecule is CN[C@@H]1C(O)[C@@H](OC2C(O)C(O[C@H]3O[C@H](CNCC(O)(CO)CO)CCC3N)[C@@H](N)C[C@H]2NC(=O)[C@@H](O)[C@@H](N=O)[C@@H](O)CN)OCC1(C)O. The molecule has 21 heteroatoms. The predicted octanol–water partition coefficient (Wildman–Crippen LogP) is -7.66. The van der Waals surface area contributed by atoms with Crippen molar-refractivity contribution in [3.05, 3.63) is 4.91 Å². The van der Waals surface area contributed by atoms with Gasteiger partial charge in [0, 0.05) is 25.7 Å². The van der Waals surface area contributed by atoms with Gasteiger partial charge in [-0.1, -0.05) is 5.18 Å². The standard InChI is InChI=1S/C28H55N7O14/c1-27(43)11-46-26(20(41)23(27)32-2)49-22-15(34-24(42)18(39)17(35-45)16(38)6-29)5-14(31)21(19(22)40)48-25-13(30)4-3-12(47-25)7-33-8-28(44,9-36)10-37/h12-23,25-26,32-33,36-41,43-44H,3-11,29-31H2,1-2H3,(H,34,42)/t12-,13?,14-,15+,16-,17-,18-,19?,20?,21?,22?,23+,25+,26+,27?/m0/s1. The van der Waals surface area contributed by atoms with Crippen molar-refractivity contribution in [2.75, 3.05) is 46.5 Å². The normalized spacial score (nSPS) is 39.2. The van der Waals surface area contributed by atoms with E-state index in [1.807, 2.05) is 0 Å². The number of nitrogens with zero attached hydrogens (tertiary/aromatic N) is 1. The number of hydrogen-bond donors (Lipinski definition) is 14. The van der Waals surface area contributed by atoms with E-state index in [0.717, 1.165) is 0 Å². The maximum Gasteiger partial charge on any atom is 0.251 e. The number of aliphatic hydroxyl groups is 8. The summed E-state index contributed by atoms with van der Waals surface area (Å²) in [6, 6.07) is -5.58. The Bertz CT molecular complexity index is 1050. The minimum absolute atomic E-state index is 0.127. The molecule has 0 aromatic carbocycles. The first kappa shape index (κ1) is 41.8. The molecule has 3 aliphatic rings. The number of rotatable bonds is 17. The Labute approximate surface area is 283 Å². The molecule has 6 unspecified atom stereocenters. The lowest BCUT2D eigenvalue weighted by Crippen LogP contribution is -2.69. The fourth-order valence-corrected chi connectivity index (χ4v) is 6.30. The minimum atomic E-state index is -2.13. The fourth-order valence-electron chi connectivity index (χ4n) is 6.30. The highest BCUT2D eigenvalue weighted by molar-refractivity contribution is 5.81. The molecular formula is C28H55N7O14. The van der Waals surface area contributed by atoms with Crippen molar-refractivity contribution in [1.82, 2.24) is 16.0 Å². The first-order valence-corrected chi connectivity index (χ1v) is 16.2. The zero-order valence-electron chi connectivity index (χ0n) is 27.7. The molecule has 3 fully saturated rings. The molecular weight excluding hydrogens is 658 g/mol. The second-order valence-corrected chi connectivity index (χ2v) is 13.4. The summed E-state index contributed by atoms with van der Waals surface area (Å²) in [4.78, 5) is 24.4. The van der Waals surface area contributed by atoms with E-state index in [1.165, 1.54) is 14.0 Å². The topological polar surface area (TPSA) is 359 Å². The van der Waals surface area contributed by atoms with Gasteiger partial charge in [-0.2, -0.15) is 4.91 Å². The van der Waals surface area contributed by atoms with E-state index in [1.54, 1.807) is 0 Å². The van der Waals surface area contributed by atoms with E-state index in [-0.39, 0.29) is 26.1 Å². The number of carbonyl (C=O) groups excluding carboxylic acids is 1. The molecule has 17 N–H and O–H groups in total. The van der Waals surface area contributed by atoms with Crippen molar-refractivity contribution >= 4 is 5.91 Å². The third kappa shape index (κ3) is 10.3. The highest BCUT2D eigenvalue weighted by atomic mass is 16.7. The first-order chi connectivity index (χ1) is 23.1. The maximum atomic E-state index is 13.1. The van der Waals surface area contributed by atoms with Gasteiger partial charge in [0.25, 0.3) is 5.91 Å². The molecule has 2 aliphatic heterocycles. The van der Waals surface area contributed by atoms with Gasteiger partial charge in [-0.05, 0) is 33.2 Å². The molecule has 15 atom stereocenters. The van der Waals surface area contributed by atoms with Crippen molar-refractivity contribution in [3.8, 4) is 0 Å². The number of carbonyl (C=O) groups is 1. The average molecular weight is 714 g/mol. The molecule has 3 rings (SSSR count). The Morgan fingerprint density at radius 1 is 1.08 bits per heavy atom. The molecule has 286 valence electrons. The summed E-state index contributed by atoms with van der Waals surface area (Å²) in [7, 11) is 1.51. The summed E-state index contributed by atoms with van der Waals surface area (Å²) < 4.78 is 23.8. The smallest absolute Gasteiger partial charge is 0.251 e. The third-order valence-electron chi connectivity index (χ3n) is 9.33. The summed E-state index contributed by atoms with van der Waals surface area (Å²) in [6.07, 6.45) is -11.8. The first-order valence-electron chi connectivity index (χ1n) is 16.2. The van der Waals surface area contributed by atoms with Crippen molar-refractivity contribution in [2.45, 2.75) is 123 Å². The molecule has 0 aromatic heterocycles. The van der Waals surface area contributed by atoms with Gasteiger partial charge in [0.15, 0.2) is 24.7 Å². The second-order valence-electron chi connectivity index (χ2n) is 13.4. The van der Waals surface area contributed by atoms with E-state index >= 15 is 0 Å². The van der Waals surface area contributed by atoms with Crippen LogP contribution >= 0.6 is 0 Å². The molecule has 0 radical (unpaired) electrons. The quantitative estimate of drug-likeness (QED) is 0.0622. The number of amides is 1. The van der Waals surface area contributed by atoms with Crippen LogP contribution in [-0.2, 0) is 23.7 Å². The molecule has 2 saturated heterocycles. The van der Waals surface area contributed by atoms with Crippen molar-refractivity contribution in [1.29, 1.82) is 0 Å². The van der Waals surface area contributed by atoms with E-state index in [2.05, 4.69) is 21.1 Å². The monoisotopic (exact) mass is 713 g/mol. The molecule has 49 heavy (non-hydrogen) atoms. The summed E-state index contributed by atoms with van der Waals surface area (Å²) >= 11 is 0. The summed E-state index contributed by atoms with van der Waals surface area (Å²) in [5, 5.41) is 93.4. The van der Waals surface area contributed by atoms with E-state index in [9.17, 15) is 50.6 Å². The Morgan fingerprint density at radius 3 is 2.33 bits per heavy atom. The van der Waals surface area contributed by atoms with Gasteiger partial charge < -0.3 is 93.0 Å². The van der Waals surface area contributed by atoms with Crippen molar-refractivity contribution in [3.63, 3.8) is 0 Å². The molecule has 21 nitrogen and oxygen atoms in total. The number of nitrogens with one attached hydrogen (secondary N) is 3. The van der Waals surface area contributed by atoms with Crippen LogP contribution in [0.5, 0.6) is 0 Å². The van der Waals surface area contributed by atoms with Gasteiger partial charge in [0.05, 0.1) is 50.2 Å². The summed E-state index contributed by atoms with van der Waals surface area (Å²) in [6.45, 7) is -0.571. The number of nitroso groups, excluding NO2 is 1. The van der Waals surface area contributed by atoms with Crippen LogP contribution in [-0.4, -0.2) is 190 Å². The second kappa shape index (κ2) is 18.2. The number of nitrogens with two attached hydrogens (primary N) is 3. The summed E-state index contributed by atoms with van der Waals surface area (Å²) in [5.41, 5.74) is 14.9. The lowest BCUT2D eigenvalue weighted by atomic mass is 9.83. The van der Waals surface area contributed by atoms with Crippen LogP contribution in [0.25, 0.3) is 0 Å². The van der Waals surface area contributed by atoms with Gasteiger partial charge in [0.2, 0.25) is 0 Å². The lowest BCUT2D eigenvalue weighted by molar-refractivity contribution is -0.307. The number of ether oxygens (including phenoxy) is 4. The molecule has 1 amide bonds. The fraction of sp³-hybridized carbons (Fsp3) is 0.964. The van der Waals surface area contributed by atoms with Crippen LogP contribution in [0.4, 0.5) is 0 Å². The lowest BCUT2D eigenvalue weighted by Gasteiger charge is -2.49. The van der Waals surface area contributed by atoms with Crippen LogP contribution in [0.15, 0.2) is 5.18 Å². The van der Waals surface area contributed by atoms with Crippen LogP contribution in [0, 0.1) is 4.91 Å². The number of aliphatic hydroxyl groups excluding tert-OH is 6. The molecule has 1 aliphatic carbocycles. The number of hydrogen-bond acceptors (Lipinski definition) is 20. The van der Waals surface area contributed by atoms with Gasteiger partial charge in [-0.25, -0.2) is 0 Å². The Balaban J connectivity index is 1.80. The van der Waals surface area contributed by atoms with Crippen LogP contribution in [0.2, 0.25) is 0 Å². The molecule has 0 aromatic rings. The highest BCUT2D eigenvalue weighted by Crippen LogP contribution is 2.32. The Hall–Kier alpha value is -1.61. The Morgan fingerprint density at radius 2 is 1.73 bits per heavy atom. The Kier molecular flexibility index (Phi) is 15.6. The molecule has 0 spiro atoms. The predicted molar refractivity (Wildman–Crippen MR) is 168 cm³/mol. The third-order valence-corrected chi connectivity index (χ3v) is 9.33. The van der Waals surface area contributed by atoms with Crippen LogP contribution in [0.3, 0.4) is 0 Å². The van der Waals surface area contributed by atoms with Gasteiger partial charge in [-0.3, -0.25) is 4.79 Å². The molecule has 2 heterocycles. The maximum absolute atomic E-state index is 13.1. The zero-order valence-corrected chi connectivity index (χ0v) is 27.7. The molecule has 1 saturated carbocycles. The molecule has 0 bridgehead atoms. The van der Waals surface area contributed by atoms with Crippen LogP contribution < -0.4 is 33.2 Å². The van der Waals surface area contributed by atoms with Crippen molar-refractivity contribution < 1.29 is 64.6 Å². The van der Waals surface area contributed by atoms with E-state index in [4.69, 9.17) is 36.1 Å². The largest absolute Gasteiger partial charge is 0.393 e. The summed E-state index contributed by atoms with van der Waals surface area (Å²) in [5.74, 6) is -1.15. The van der Waals surface area contributed by atoms with Crippen LogP contribution in [0.1, 0.15) is 26.2 Å². The number of likely N-dealkylation sites (N-methyl/N-ethyl adjacent to an activating group) is 1. The van der Waals surface area contributed by atoms with Gasteiger partial charge in [0.1, 0.15) is 35.6 Å². The van der Waals surface area contributed by atoms with Gasteiger partial charge in [-0.15, -0.1) is 0 Å². The van der Waals surface area contributed by atoms with E-state index in [0.29, 0.717) is 12.8 Å².